The van der Waals surface area contributed by atoms with Gasteiger partial charge in [0.25, 0.3) is 0 Å². The van der Waals surface area contributed by atoms with Gasteiger partial charge in [-0.3, -0.25) is 9.59 Å². The molecule has 0 rings (SSSR count). The van der Waals surface area contributed by atoms with Crippen molar-refractivity contribution < 1.29 is 14.7 Å². The molecule has 17 heavy (non-hydrogen) atoms. The van der Waals surface area contributed by atoms with E-state index >= 15 is 0 Å². The van der Waals surface area contributed by atoms with Crippen LogP contribution in [0.4, 0.5) is 0 Å². The largest absolute Gasteiger partial charge is 0.481 e. The summed E-state index contributed by atoms with van der Waals surface area (Å²) in [7, 11) is 0. The van der Waals surface area contributed by atoms with Crippen LogP contribution in [0.15, 0.2) is 0 Å². The van der Waals surface area contributed by atoms with E-state index in [1.54, 1.807) is 0 Å². The summed E-state index contributed by atoms with van der Waals surface area (Å²) in [5.41, 5.74) is 5.36. The van der Waals surface area contributed by atoms with Crippen molar-refractivity contribution in [2.75, 3.05) is 26.2 Å². The molecule has 0 aromatic heterocycles. The van der Waals surface area contributed by atoms with Crippen LogP contribution in [0.5, 0.6) is 0 Å². The van der Waals surface area contributed by atoms with Crippen LogP contribution in [0.25, 0.3) is 0 Å². The maximum atomic E-state index is 11.1. The van der Waals surface area contributed by atoms with Gasteiger partial charge in [0.1, 0.15) is 0 Å². The van der Waals surface area contributed by atoms with Gasteiger partial charge in [-0.2, -0.15) is 0 Å². The van der Waals surface area contributed by atoms with Gasteiger partial charge >= 0.3 is 5.97 Å². The molecular weight excluding hydrogens is 222 g/mol. The van der Waals surface area contributed by atoms with Crippen LogP contribution in [0, 0.1) is 0 Å². The third-order valence-electron chi connectivity index (χ3n) is 2.23. The van der Waals surface area contributed by atoms with Crippen LogP contribution in [0.3, 0.4) is 0 Å². The molecule has 0 saturated carbocycles. The highest BCUT2D eigenvalue weighted by atomic mass is 16.4. The van der Waals surface area contributed by atoms with Gasteiger partial charge in [-0.05, 0) is 38.9 Å². The minimum atomic E-state index is -0.943. The Balaban J connectivity index is 3.16. The van der Waals surface area contributed by atoms with Crippen LogP contribution < -0.4 is 16.4 Å². The highest BCUT2D eigenvalue weighted by Gasteiger charge is 2.03. The summed E-state index contributed by atoms with van der Waals surface area (Å²) in [6.07, 6.45) is 2.89. The number of aliphatic carboxylic acids is 1. The molecule has 0 aliphatic carbocycles. The van der Waals surface area contributed by atoms with Gasteiger partial charge in [0.2, 0.25) is 5.91 Å². The number of carboxylic acids is 1. The molecule has 0 aromatic rings. The molecule has 0 aliphatic rings. The quantitative estimate of drug-likeness (QED) is 0.374. The van der Waals surface area contributed by atoms with Gasteiger partial charge in [0.15, 0.2) is 0 Å². The van der Waals surface area contributed by atoms with E-state index in [1.165, 1.54) is 0 Å². The molecule has 0 saturated heterocycles. The summed E-state index contributed by atoms with van der Waals surface area (Å²) < 4.78 is 0. The van der Waals surface area contributed by atoms with E-state index in [2.05, 4.69) is 10.6 Å². The second-order valence-electron chi connectivity index (χ2n) is 3.84. The predicted octanol–water partition coefficient (Wildman–Crippen LogP) is -0.314. The maximum Gasteiger partial charge on any atom is 0.303 e. The van der Waals surface area contributed by atoms with Crippen LogP contribution in [-0.4, -0.2) is 43.2 Å². The van der Waals surface area contributed by atoms with Crippen LogP contribution in [-0.2, 0) is 9.59 Å². The normalized spacial score (nSPS) is 10.2. The lowest BCUT2D eigenvalue weighted by atomic mass is 10.3. The fourth-order valence-corrected chi connectivity index (χ4v) is 1.27. The van der Waals surface area contributed by atoms with E-state index in [1.807, 2.05) is 0 Å². The topological polar surface area (TPSA) is 104 Å². The van der Waals surface area contributed by atoms with Crippen molar-refractivity contribution in [2.45, 2.75) is 32.1 Å². The predicted molar refractivity (Wildman–Crippen MR) is 65.7 cm³/mol. The molecule has 6 heteroatoms. The Hall–Kier alpha value is -1.14. The second-order valence-corrected chi connectivity index (χ2v) is 3.84. The standard InChI is InChI=1S/C11H23N3O3/c12-6-1-2-7-13-8-3-9-14-10(15)4-5-11(16)17/h13H,1-9,12H2,(H,14,15)(H,16,17). The smallest absolute Gasteiger partial charge is 0.303 e. The fraction of sp³-hybridized carbons (Fsp3) is 0.818. The first-order valence-corrected chi connectivity index (χ1v) is 6.06. The molecule has 0 radical (unpaired) electrons. The summed E-state index contributed by atoms with van der Waals surface area (Å²) in [5, 5.41) is 14.3. The SMILES string of the molecule is NCCCCNCCCNC(=O)CCC(=O)O. The van der Waals surface area contributed by atoms with Crippen LogP contribution in [0.1, 0.15) is 32.1 Å². The first kappa shape index (κ1) is 15.9. The van der Waals surface area contributed by atoms with Crippen molar-refractivity contribution in [3.63, 3.8) is 0 Å². The van der Waals surface area contributed by atoms with Crippen molar-refractivity contribution >= 4 is 11.9 Å². The lowest BCUT2D eigenvalue weighted by molar-refractivity contribution is -0.138. The van der Waals surface area contributed by atoms with Crippen molar-refractivity contribution in [3.8, 4) is 0 Å². The zero-order valence-electron chi connectivity index (χ0n) is 10.2. The number of carbonyl (C=O) groups is 2. The minimum Gasteiger partial charge on any atom is -0.481 e. The average Bonchev–Trinajstić information content (AvgIpc) is 2.30. The monoisotopic (exact) mass is 245 g/mol. The first-order chi connectivity index (χ1) is 8.16. The van der Waals surface area contributed by atoms with Gasteiger partial charge in [0, 0.05) is 13.0 Å². The van der Waals surface area contributed by atoms with E-state index < -0.39 is 5.97 Å². The lowest BCUT2D eigenvalue weighted by Crippen LogP contribution is -2.28. The van der Waals surface area contributed by atoms with Crippen molar-refractivity contribution in [1.29, 1.82) is 0 Å². The molecule has 0 fully saturated rings. The Kier molecular flexibility index (Phi) is 10.6. The van der Waals surface area contributed by atoms with Gasteiger partial charge in [-0.15, -0.1) is 0 Å². The Morgan fingerprint density at radius 3 is 2.35 bits per heavy atom. The molecule has 0 spiro atoms. The summed E-state index contributed by atoms with van der Waals surface area (Å²) in [4.78, 5) is 21.3. The zero-order chi connectivity index (χ0) is 12.9. The van der Waals surface area contributed by atoms with E-state index in [9.17, 15) is 9.59 Å². The lowest BCUT2D eigenvalue weighted by Gasteiger charge is -2.05. The summed E-state index contributed by atoms with van der Waals surface area (Å²) in [6.45, 7) is 3.11. The Labute approximate surface area is 102 Å². The molecule has 0 aromatic carbocycles. The van der Waals surface area contributed by atoms with Crippen molar-refractivity contribution in [3.05, 3.63) is 0 Å². The first-order valence-electron chi connectivity index (χ1n) is 6.06. The molecule has 0 atom stereocenters. The highest BCUT2D eigenvalue weighted by molar-refractivity contribution is 5.80. The summed E-state index contributed by atoms with van der Waals surface area (Å²) in [5.74, 6) is -1.14. The van der Waals surface area contributed by atoms with E-state index in [0.717, 1.165) is 38.9 Å². The van der Waals surface area contributed by atoms with Crippen molar-refractivity contribution in [2.24, 2.45) is 5.73 Å². The molecule has 0 aliphatic heterocycles. The summed E-state index contributed by atoms with van der Waals surface area (Å²) >= 11 is 0. The number of hydrogen-bond acceptors (Lipinski definition) is 4. The number of nitrogens with one attached hydrogen (secondary N) is 2. The van der Waals surface area contributed by atoms with Gasteiger partial charge < -0.3 is 21.5 Å². The van der Waals surface area contributed by atoms with E-state index in [0.29, 0.717) is 6.54 Å². The number of rotatable bonds is 11. The zero-order valence-corrected chi connectivity index (χ0v) is 10.2. The molecular formula is C11H23N3O3. The minimum absolute atomic E-state index is 0.0548. The Morgan fingerprint density at radius 1 is 1.00 bits per heavy atom. The van der Waals surface area contributed by atoms with Crippen molar-refractivity contribution in [1.82, 2.24) is 10.6 Å². The number of carbonyl (C=O) groups excluding carboxylic acids is 1. The summed E-state index contributed by atoms with van der Waals surface area (Å²) in [6, 6.07) is 0. The molecule has 1 amide bonds. The third kappa shape index (κ3) is 12.8. The third-order valence-corrected chi connectivity index (χ3v) is 2.23. The second kappa shape index (κ2) is 11.3. The van der Waals surface area contributed by atoms with Gasteiger partial charge in [-0.25, -0.2) is 0 Å². The van der Waals surface area contributed by atoms with E-state index in [-0.39, 0.29) is 18.7 Å². The highest BCUT2D eigenvalue weighted by Crippen LogP contribution is 1.88. The van der Waals surface area contributed by atoms with Crippen LogP contribution in [0.2, 0.25) is 0 Å². The van der Waals surface area contributed by atoms with Gasteiger partial charge in [0.05, 0.1) is 6.42 Å². The number of unbranched alkanes of at least 4 members (excludes halogenated alkanes) is 1. The number of amides is 1. The maximum absolute atomic E-state index is 11.1. The molecule has 0 unspecified atom stereocenters. The average molecular weight is 245 g/mol. The number of hydrogen-bond donors (Lipinski definition) is 4. The van der Waals surface area contributed by atoms with E-state index in [4.69, 9.17) is 10.8 Å². The van der Waals surface area contributed by atoms with Gasteiger partial charge in [-0.1, -0.05) is 0 Å². The number of carboxylic acid groups (broad SMARTS) is 1. The molecule has 6 nitrogen and oxygen atoms in total. The molecule has 0 bridgehead atoms. The van der Waals surface area contributed by atoms with Crippen LogP contribution >= 0.6 is 0 Å². The number of nitrogens with two attached hydrogens (primary N) is 1. The Bertz CT molecular complexity index is 222. The Morgan fingerprint density at radius 2 is 1.71 bits per heavy atom. The molecule has 100 valence electrons. The fourth-order valence-electron chi connectivity index (χ4n) is 1.27. The molecule has 0 heterocycles. The molecule has 5 N–H and O–H groups in total.